The van der Waals surface area contributed by atoms with E-state index < -0.39 is 11.6 Å². The molecule has 0 N–H and O–H groups in total. The third-order valence-corrected chi connectivity index (χ3v) is 2.69. The number of hydrogen-bond donors (Lipinski definition) is 0. The first-order chi connectivity index (χ1) is 7.27. The summed E-state index contributed by atoms with van der Waals surface area (Å²) in [5, 5.41) is 0.401. The third-order valence-electron chi connectivity index (χ3n) is 1.81. The molecule has 78 valence electrons. The molecule has 5 heteroatoms. The monoisotopic (exact) mass is 227 g/mol. The van der Waals surface area contributed by atoms with Gasteiger partial charge in [-0.3, -0.25) is 0 Å². The Labute approximate surface area is 89.3 Å². The fourth-order valence-electron chi connectivity index (χ4n) is 1.09. The lowest BCUT2D eigenvalue weighted by molar-refractivity contribution is 0.454. The standard InChI is InChI=1S/C10H7F2NOS/c11-8-2-1-3-9(12)7(8)6-15-10-13-4-5-14-10/h1-5H,6H2. The number of hydrogen-bond acceptors (Lipinski definition) is 3. The van der Waals surface area contributed by atoms with E-state index in [2.05, 4.69) is 4.98 Å². The highest BCUT2D eigenvalue weighted by atomic mass is 32.2. The van der Waals surface area contributed by atoms with Crippen LogP contribution in [0.5, 0.6) is 0 Å². The van der Waals surface area contributed by atoms with Crippen LogP contribution in [0.3, 0.4) is 0 Å². The minimum absolute atomic E-state index is 0.0423. The van der Waals surface area contributed by atoms with Crippen LogP contribution in [0, 0.1) is 11.6 Å². The zero-order chi connectivity index (χ0) is 10.7. The van der Waals surface area contributed by atoms with Crippen LogP contribution in [0.2, 0.25) is 0 Å². The Balaban J connectivity index is 2.11. The Bertz CT molecular complexity index is 424. The van der Waals surface area contributed by atoms with Crippen molar-refractivity contribution < 1.29 is 13.2 Å². The summed E-state index contributed by atoms with van der Waals surface area (Å²) in [4.78, 5) is 3.84. The Hall–Kier alpha value is -1.36. The molecule has 2 rings (SSSR count). The predicted octanol–water partition coefficient (Wildman–Crippen LogP) is 3.25. The lowest BCUT2D eigenvalue weighted by atomic mass is 10.2. The van der Waals surface area contributed by atoms with E-state index >= 15 is 0 Å². The lowest BCUT2D eigenvalue weighted by Crippen LogP contribution is -1.92. The number of benzene rings is 1. The molecule has 0 aliphatic carbocycles. The van der Waals surface area contributed by atoms with Gasteiger partial charge >= 0.3 is 0 Å². The number of nitrogens with zero attached hydrogens (tertiary/aromatic N) is 1. The zero-order valence-electron chi connectivity index (χ0n) is 7.61. The SMILES string of the molecule is Fc1cccc(F)c1CSc1ncco1. The van der Waals surface area contributed by atoms with Gasteiger partial charge in [0.25, 0.3) is 5.22 Å². The van der Waals surface area contributed by atoms with Crippen molar-refractivity contribution in [3.63, 3.8) is 0 Å². The minimum Gasteiger partial charge on any atom is -0.440 e. The molecule has 1 aromatic carbocycles. The highest BCUT2D eigenvalue weighted by Crippen LogP contribution is 2.23. The maximum absolute atomic E-state index is 13.2. The highest BCUT2D eigenvalue weighted by molar-refractivity contribution is 7.98. The summed E-state index contributed by atoms with van der Waals surface area (Å²) in [5.41, 5.74) is 0.0423. The van der Waals surface area contributed by atoms with E-state index in [1.165, 1.54) is 30.7 Å². The third kappa shape index (κ3) is 2.36. The van der Waals surface area contributed by atoms with Crippen molar-refractivity contribution in [3.05, 3.63) is 47.9 Å². The second kappa shape index (κ2) is 4.44. The molecule has 0 bridgehead atoms. The van der Waals surface area contributed by atoms with E-state index in [9.17, 15) is 8.78 Å². The summed E-state index contributed by atoms with van der Waals surface area (Å²) >= 11 is 1.15. The van der Waals surface area contributed by atoms with Crippen LogP contribution in [-0.2, 0) is 5.75 Å². The van der Waals surface area contributed by atoms with Gasteiger partial charge in [-0.05, 0) is 12.1 Å². The van der Waals surface area contributed by atoms with Gasteiger partial charge < -0.3 is 4.42 Å². The molecule has 0 amide bonds. The summed E-state index contributed by atoms with van der Waals surface area (Å²) in [6.07, 6.45) is 2.90. The molecule has 0 saturated heterocycles. The van der Waals surface area contributed by atoms with Crippen molar-refractivity contribution >= 4 is 11.8 Å². The van der Waals surface area contributed by atoms with Gasteiger partial charge in [-0.15, -0.1) is 0 Å². The fourth-order valence-corrected chi connectivity index (χ4v) is 1.89. The molecule has 0 radical (unpaired) electrons. The van der Waals surface area contributed by atoms with Crippen LogP contribution in [0.25, 0.3) is 0 Å². The second-order valence-corrected chi connectivity index (χ2v) is 3.71. The Kier molecular flexibility index (Phi) is 3.01. The molecule has 0 aliphatic rings. The summed E-state index contributed by atoms with van der Waals surface area (Å²) in [5.74, 6) is -0.929. The predicted molar refractivity (Wildman–Crippen MR) is 52.4 cm³/mol. The lowest BCUT2D eigenvalue weighted by Gasteiger charge is -2.01. The van der Waals surface area contributed by atoms with Crippen molar-refractivity contribution in [2.24, 2.45) is 0 Å². The molecule has 0 saturated carbocycles. The fraction of sp³-hybridized carbons (Fsp3) is 0.100. The summed E-state index contributed by atoms with van der Waals surface area (Å²) in [6.45, 7) is 0. The molecule has 1 heterocycles. The van der Waals surface area contributed by atoms with Crippen molar-refractivity contribution in [3.8, 4) is 0 Å². The van der Waals surface area contributed by atoms with E-state index in [1.807, 2.05) is 0 Å². The van der Waals surface area contributed by atoms with Gasteiger partial charge in [-0.2, -0.15) is 0 Å². The van der Waals surface area contributed by atoms with Crippen LogP contribution in [-0.4, -0.2) is 4.98 Å². The highest BCUT2D eigenvalue weighted by Gasteiger charge is 2.09. The molecule has 0 atom stereocenters. The molecule has 2 nitrogen and oxygen atoms in total. The van der Waals surface area contributed by atoms with Crippen molar-refractivity contribution in [1.29, 1.82) is 0 Å². The molecular formula is C10H7F2NOS. The summed E-state index contributed by atoms with van der Waals surface area (Å²) in [6, 6.07) is 3.80. The zero-order valence-corrected chi connectivity index (χ0v) is 8.43. The van der Waals surface area contributed by atoms with Gasteiger partial charge in [0, 0.05) is 11.3 Å². The van der Waals surface area contributed by atoms with Gasteiger partial charge in [0.15, 0.2) is 0 Å². The van der Waals surface area contributed by atoms with E-state index in [0.717, 1.165) is 11.8 Å². The van der Waals surface area contributed by atoms with E-state index in [-0.39, 0.29) is 11.3 Å². The van der Waals surface area contributed by atoms with E-state index in [4.69, 9.17) is 4.42 Å². The molecule has 0 unspecified atom stereocenters. The molecule has 15 heavy (non-hydrogen) atoms. The maximum Gasteiger partial charge on any atom is 0.255 e. The maximum atomic E-state index is 13.2. The first kappa shape index (κ1) is 10.2. The minimum atomic E-state index is -0.547. The quantitative estimate of drug-likeness (QED) is 0.753. The number of rotatable bonds is 3. The summed E-state index contributed by atoms with van der Waals surface area (Å²) < 4.78 is 31.3. The Morgan fingerprint density at radius 3 is 2.60 bits per heavy atom. The molecule has 0 fully saturated rings. The first-order valence-electron chi connectivity index (χ1n) is 4.22. The van der Waals surface area contributed by atoms with E-state index in [1.54, 1.807) is 0 Å². The van der Waals surface area contributed by atoms with Crippen molar-refractivity contribution in [2.75, 3.05) is 0 Å². The molecule has 2 aromatic rings. The van der Waals surface area contributed by atoms with Gasteiger partial charge in [0.1, 0.15) is 17.9 Å². The number of aromatic nitrogens is 1. The smallest absolute Gasteiger partial charge is 0.255 e. The number of oxazole rings is 1. The van der Waals surface area contributed by atoms with Crippen LogP contribution in [0.4, 0.5) is 8.78 Å². The summed E-state index contributed by atoms with van der Waals surface area (Å²) in [7, 11) is 0. The van der Waals surface area contributed by atoms with Crippen LogP contribution >= 0.6 is 11.8 Å². The molecule has 0 spiro atoms. The average Bonchev–Trinajstić information content (AvgIpc) is 2.70. The van der Waals surface area contributed by atoms with Gasteiger partial charge in [0.05, 0.1) is 6.20 Å². The van der Waals surface area contributed by atoms with Crippen LogP contribution < -0.4 is 0 Å². The first-order valence-corrected chi connectivity index (χ1v) is 5.21. The van der Waals surface area contributed by atoms with Gasteiger partial charge in [-0.1, -0.05) is 17.8 Å². The van der Waals surface area contributed by atoms with Crippen LogP contribution in [0.15, 0.2) is 40.3 Å². The molecule has 0 aliphatic heterocycles. The van der Waals surface area contributed by atoms with Crippen LogP contribution in [0.1, 0.15) is 5.56 Å². The number of thioether (sulfide) groups is 1. The van der Waals surface area contributed by atoms with Crippen molar-refractivity contribution in [1.82, 2.24) is 4.98 Å². The number of halogens is 2. The van der Waals surface area contributed by atoms with Crippen molar-refractivity contribution in [2.45, 2.75) is 11.0 Å². The Morgan fingerprint density at radius 2 is 2.00 bits per heavy atom. The second-order valence-electron chi connectivity index (χ2n) is 2.79. The Morgan fingerprint density at radius 1 is 1.27 bits per heavy atom. The van der Waals surface area contributed by atoms with Gasteiger partial charge in [0.2, 0.25) is 0 Å². The van der Waals surface area contributed by atoms with E-state index in [0.29, 0.717) is 5.22 Å². The molecule has 1 aromatic heterocycles. The average molecular weight is 227 g/mol. The van der Waals surface area contributed by atoms with Gasteiger partial charge in [-0.25, -0.2) is 13.8 Å². The normalized spacial score (nSPS) is 10.5. The largest absolute Gasteiger partial charge is 0.440 e. The molecular weight excluding hydrogens is 220 g/mol. The topological polar surface area (TPSA) is 26.0 Å².